The molecule has 2 amide bonds. The zero-order valence-corrected chi connectivity index (χ0v) is 19.4. The van der Waals surface area contributed by atoms with Crippen molar-refractivity contribution in [3.8, 4) is 0 Å². The molecule has 0 saturated heterocycles. The molecule has 0 aliphatic carbocycles. The van der Waals surface area contributed by atoms with Crippen LogP contribution in [0.2, 0.25) is 0 Å². The molecule has 2 N–H and O–H groups in total. The third-order valence-corrected chi connectivity index (χ3v) is 7.72. The molecule has 0 bridgehead atoms. The summed E-state index contributed by atoms with van der Waals surface area (Å²) in [5.74, 6) is -0.664. The Labute approximate surface area is 181 Å². The van der Waals surface area contributed by atoms with Gasteiger partial charge >= 0.3 is 0 Å². The number of hydrogen-bond acceptors (Lipinski definition) is 8. The first-order chi connectivity index (χ1) is 12.4. The quantitative estimate of drug-likeness (QED) is 0.481. The summed E-state index contributed by atoms with van der Waals surface area (Å²) < 4.78 is 3.42. The SMILES string of the molecule is CSN(SC)C(=S)NC(=O)c1ccc(C(=O)NC(=S)N(SC)SC)cc1. The van der Waals surface area contributed by atoms with Crippen LogP contribution in [0.3, 0.4) is 0 Å². The van der Waals surface area contributed by atoms with Gasteiger partial charge in [-0.25, -0.2) is 7.42 Å². The molecule has 1 aromatic rings. The molecule has 0 atom stereocenters. The second-order valence-corrected chi connectivity index (χ2v) is 8.50. The van der Waals surface area contributed by atoms with Crippen molar-refractivity contribution in [3.63, 3.8) is 0 Å². The maximum absolute atomic E-state index is 12.2. The zero-order chi connectivity index (χ0) is 19.7. The lowest BCUT2D eigenvalue weighted by atomic mass is 10.1. The lowest BCUT2D eigenvalue weighted by Gasteiger charge is -2.19. The van der Waals surface area contributed by atoms with Crippen LogP contribution in [-0.4, -0.2) is 54.5 Å². The van der Waals surface area contributed by atoms with Gasteiger partial charge in [-0.05, 0) is 96.5 Å². The van der Waals surface area contributed by atoms with E-state index in [4.69, 9.17) is 24.4 Å². The van der Waals surface area contributed by atoms with Gasteiger partial charge in [-0.3, -0.25) is 20.2 Å². The van der Waals surface area contributed by atoms with E-state index < -0.39 is 0 Å². The number of benzene rings is 1. The van der Waals surface area contributed by atoms with E-state index in [9.17, 15) is 9.59 Å². The summed E-state index contributed by atoms with van der Waals surface area (Å²) in [4.78, 5) is 24.5. The summed E-state index contributed by atoms with van der Waals surface area (Å²) in [7, 11) is 0. The molecule has 0 spiro atoms. The lowest BCUT2D eigenvalue weighted by molar-refractivity contribution is 0.0964. The van der Waals surface area contributed by atoms with Gasteiger partial charge in [0.25, 0.3) is 11.8 Å². The highest BCUT2D eigenvalue weighted by atomic mass is 32.2. The molecule has 0 aliphatic rings. The van der Waals surface area contributed by atoms with Crippen molar-refractivity contribution in [3.05, 3.63) is 35.4 Å². The van der Waals surface area contributed by atoms with Crippen molar-refractivity contribution in [2.45, 2.75) is 0 Å². The van der Waals surface area contributed by atoms with E-state index in [0.29, 0.717) is 21.4 Å². The highest BCUT2D eigenvalue weighted by molar-refractivity contribution is 8.13. The third kappa shape index (κ3) is 6.82. The molecule has 6 nitrogen and oxygen atoms in total. The Morgan fingerprint density at radius 3 is 1.23 bits per heavy atom. The molecule has 0 aromatic heterocycles. The van der Waals surface area contributed by atoms with Gasteiger partial charge in [-0.1, -0.05) is 0 Å². The maximum Gasteiger partial charge on any atom is 0.257 e. The van der Waals surface area contributed by atoms with E-state index in [-0.39, 0.29) is 11.8 Å². The Hall–Kier alpha value is -0.660. The molecular formula is C14H18N4O2S6. The Bertz CT molecular complexity index is 605. The second-order valence-electron chi connectivity index (χ2n) is 4.34. The lowest BCUT2D eigenvalue weighted by Crippen LogP contribution is -2.36. The fourth-order valence-corrected chi connectivity index (χ4v) is 4.80. The number of carbonyl (C=O) groups is 2. The Kier molecular flexibility index (Phi) is 10.7. The van der Waals surface area contributed by atoms with Gasteiger partial charge in [0.1, 0.15) is 0 Å². The molecule has 1 rings (SSSR count). The molecule has 0 saturated carbocycles. The molecule has 26 heavy (non-hydrogen) atoms. The molecule has 0 heterocycles. The summed E-state index contributed by atoms with van der Waals surface area (Å²) in [5.41, 5.74) is 0.812. The number of nitrogens with zero attached hydrogens (tertiary/aromatic N) is 2. The zero-order valence-electron chi connectivity index (χ0n) is 14.5. The largest absolute Gasteiger partial charge is 0.297 e. The Balaban J connectivity index is 2.73. The van der Waals surface area contributed by atoms with E-state index in [1.807, 2.05) is 25.0 Å². The summed E-state index contributed by atoms with van der Waals surface area (Å²) in [6, 6.07) is 6.28. The molecule has 0 radical (unpaired) electrons. The standard InChI is InChI=1S/C14H18N4O2S6/c1-23-17(24-2)13(21)15-11(19)9-5-7-10(8-6-9)12(20)16-14(22)18(25-3)26-4/h5-8H,1-4H3,(H,15,19,21)(H,16,20,22). The van der Waals surface area contributed by atoms with Crippen LogP contribution >= 0.6 is 72.2 Å². The Morgan fingerprint density at radius 1 is 0.731 bits per heavy atom. The molecule has 0 aliphatic heterocycles. The van der Waals surface area contributed by atoms with Crippen molar-refractivity contribution in [2.24, 2.45) is 0 Å². The minimum atomic E-state index is -0.332. The number of nitrogens with one attached hydrogen (secondary N) is 2. The average molecular weight is 467 g/mol. The van der Waals surface area contributed by atoms with E-state index in [0.717, 1.165) is 0 Å². The number of rotatable bonds is 6. The number of amides is 2. The summed E-state index contributed by atoms with van der Waals surface area (Å²) in [5, 5.41) is 5.94. The van der Waals surface area contributed by atoms with Crippen molar-refractivity contribution >= 4 is 94.3 Å². The molecule has 12 heteroatoms. The van der Waals surface area contributed by atoms with Gasteiger partial charge in [0.2, 0.25) is 0 Å². The highest BCUT2D eigenvalue weighted by Crippen LogP contribution is 2.17. The number of hydrogen-bond donors (Lipinski definition) is 2. The van der Waals surface area contributed by atoms with E-state index in [1.54, 1.807) is 31.7 Å². The average Bonchev–Trinajstić information content (AvgIpc) is 2.63. The predicted molar refractivity (Wildman–Crippen MR) is 124 cm³/mol. The summed E-state index contributed by atoms with van der Waals surface area (Å²) >= 11 is 16.0. The van der Waals surface area contributed by atoms with Crippen molar-refractivity contribution in [1.29, 1.82) is 0 Å². The van der Waals surface area contributed by atoms with Crippen LogP contribution in [0.4, 0.5) is 0 Å². The van der Waals surface area contributed by atoms with E-state index in [1.165, 1.54) is 47.8 Å². The van der Waals surface area contributed by atoms with Gasteiger partial charge < -0.3 is 0 Å². The van der Waals surface area contributed by atoms with E-state index >= 15 is 0 Å². The normalized spacial score (nSPS) is 10.0. The van der Waals surface area contributed by atoms with E-state index in [2.05, 4.69) is 10.6 Å². The van der Waals surface area contributed by atoms with Crippen LogP contribution in [0.1, 0.15) is 20.7 Å². The van der Waals surface area contributed by atoms with Crippen LogP contribution < -0.4 is 10.6 Å². The van der Waals surface area contributed by atoms with Crippen molar-refractivity contribution in [1.82, 2.24) is 18.1 Å². The van der Waals surface area contributed by atoms with Crippen LogP contribution in [-0.2, 0) is 0 Å². The van der Waals surface area contributed by atoms with Crippen LogP contribution in [0.15, 0.2) is 24.3 Å². The van der Waals surface area contributed by atoms with Crippen LogP contribution in [0.5, 0.6) is 0 Å². The third-order valence-electron chi connectivity index (χ3n) is 2.85. The first kappa shape index (κ1) is 23.4. The van der Waals surface area contributed by atoms with Crippen molar-refractivity contribution in [2.75, 3.05) is 25.0 Å². The van der Waals surface area contributed by atoms with Gasteiger partial charge in [0.15, 0.2) is 10.2 Å². The topological polar surface area (TPSA) is 64.7 Å². The van der Waals surface area contributed by atoms with Crippen molar-refractivity contribution < 1.29 is 9.59 Å². The predicted octanol–water partition coefficient (Wildman–Crippen LogP) is 3.43. The van der Waals surface area contributed by atoms with Gasteiger partial charge in [-0.2, -0.15) is 0 Å². The molecule has 0 unspecified atom stereocenters. The molecule has 1 aromatic carbocycles. The number of carbonyl (C=O) groups excluding carboxylic acids is 2. The minimum absolute atomic E-state index is 0.316. The first-order valence-corrected chi connectivity index (χ1v) is 12.5. The second kappa shape index (κ2) is 11.9. The fourth-order valence-electron chi connectivity index (χ4n) is 1.68. The molecular weight excluding hydrogens is 449 g/mol. The molecule has 142 valence electrons. The smallest absolute Gasteiger partial charge is 0.257 e. The van der Waals surface area contributed by atoms with Crippen LogP contribution in [0, 0.1) is 0 Å². The summed E-state index contributed by atoms with van der Waals surface area (Å²) in [6.07, 6.45) is 7.45. The Morgan fingerprint density at radius 2 is 1.00 bits per heavy atom. The summed E-state index contributed by atoms with van der Waals surface area (Å²) in [6.45, 7) is 0. The van der Waals surface area contributed by atoms with Gasteiger partial charge in [-0.15, -0.1) is 0 Å². The monoisotopic (exact) mass is 466 g/mol. The molecule has 0 fully saturated rings. The van der Waals surface area contributed by atoms with Gasteiger partial charge in [0, 0.05) is 36.1 Å². The maximum atomic E-state index is 12.2. The minimum Gasteiger partial charge on any atom is -0.297 e. The first-order valence-electron chi connectivity index (χ1n) is 6.95. The number of thiocarbonyl (C=S) groups is 2. The fraction of sp³-hybridized carbons (Fsp3) is 0.286. The van der Waals surface area contributed by atoms with Crippen LogP contribution in [0.25, 0.3) is 0 Å². The highest BCUT2D eigenvalue weighted by Gasteiger charge is 2.15. The van der Waals surface area contributed by atoms with Gasteiger partial charge in [0.05, 0.1) is 0 Å².